The number of rotatable bonds is 1. The molecule has 6 rings (SSSR count). The number of hydrogen-bond donors (Lipinski definition) is 1. The van der Waals surface area contributed by atoms with Gasteiger partial charge >= 0.3 is 0 Å². The van der Waals surface area contributed by atoms with Crippen LogP contribution in [0.3, 0.4) is 0 Å². The molecule has 0 radical (unpaired) electrons. The van der Waals surface area contributed by atoms with Gasteiger partial charge in [-0.05, 0) is 18.8 Å². The van der Waals surface area contributed by atoms with Crippen LogP contribution in [0.25, 0.3) is 22.0 Å². The highest BCUT2D eigenvalue weighted by atomic mass is 15.3. The second-order valence-electron chi connectivity index (χ2n) is 6.83. The summed E-state index contributed by atoms with van der Waals surface area (Å²) < 4.78 is 4.11. The Kier molecular flexibility index (Phi) is 2.45. The van der Waals surface area contributed by atoms with Gasteiger partial charge in [0.1, 0.15) is 11.6 Å². The molecule has 2 N–H and O–H groups in total. The van der Waals surface area contributed by atoms with Crippen LogP contribution in [0, 0.1) is 0 Å². The van der Waals surface area contributed by atoms with Crippen molar-refractivity contribution < 1.29 is 0 Å². The lowest BCUT2D eigenvalue weighted by Gasteiger charge is -2.41. The number of para-hydroxylation sites is 1. The Morgan fingerprint density at radius 1 is 1.13 bits per heavy atom. The zero-order valence-corrected chi connectivity index (χ0v) is 13.6. The molecular weight excluding hydrogens is 286 g/mol. The number of anilines is 2. The number of nitrogens with zero attached hydrogens (tertiary/aromatic N) is 4. The fourth-order valence-corrected chi connectivity index (χ4v) is 4.57. The van der Waals surface area contributed by atoms with Crippen molar-refractivity contribution in [3.63, 3.8) is 0 Å². The summed E-state index contributed by atoms with van der Waals surface area (Å²) in [5.74, 6) is 2.84. The van der Waals surface area contributed by atoms with Crippen LogP contribution < -0.4 is 10.6 Å². The van der Waals surface area contributed by atoms with Gasteiger partial charge in [0, 0.05) is 49.3 Å². The predicted molar refractivity (Wildman–Crippen MR) is 93.7 cm³/mol. The van der Waals surface area contributed by atoms with Gasteiger partial charge in [0.2, 0.25) is 0 Å². The molecule has 5 nitrogen and oxygen atoms in total. The molecule has 0 atom stereocenters. The molecule has 23 heavy (non-hydrogen) atoms. The van der Waals surface area contributed by atoms with Gasteiger partial charge in [-0.15, -0.1) is 0 Å². The molecule has 3 aromatic rings. The van der Waals surface area contributed by atoms with Crippen molar-refractivity contribution in [2.24, 2.45) is 14.1 Å². The van der Waals surface area contributed by atoms with Crippen LogP contribution in [0.15, 0.2) is 24.4 Å². The highest BCUT2D eigenvalue weighted by molar-refractivity contribution is 6.02. The molecule has 1 aromatic carbocycles. The number of nitrogen functional groups attached to an aromatic ring is 1. The van der Waals surface area contributed by atoms with Crippen molar-refractivity contribution in [3.05, 3.63) is 30.0 Å². The Bertz CT molecular complexity index is 925. The summed E-state index contributed by atoms with van der Waals surface area (Å²) in [6, 6.07) is 6.59. The van der Waals surface area contributed by atoms with E-state index in [-0.39, 0.29) is 0 Å². The minimum atomic E-state index is 0.709. The Hall–Kier alpha value is -2.43. The Morgan fingerprint density at radius 2 is 1.91 bits per heavy atom. The number of benzene rings is 1. The van der Waals surface area contributed by atoms with Gasteiger partial charge in [0.15, 0.2) is 0 Å². The number of aryl methyl sites for hydroxylation is 2. The Balaban J connectivity index is 1.87. The maximum absolute atomic E-state index is 6.25. The monoisotopic (exact) mass is 307 g/mol. The largest absolute Gasteiger partial charge is 0.383 e. The van der Waals surface area contributed by atoms with Crippen molar-refractivity contribution in [1.29, 1.82) is 0 Å². The van der Waals surface area contributed by atoms with Crippen molar-refractivity contribution in [2.75, 3.05) is 23.7 Å². The van der Waals surface area contributed by atoms with E-state index in [1.807, 2.05) is 13.2 Å². The van der Waals surface area contributed by atoms with Crippen molar-refractivity contribution in [2.45, 2.75) is 18.8 Å². The van der Waals surface area contributed by atoms with Gasteiger partial charge in [-0.3, -0.25) is 4.68 Å². The molecule has 3 aliphatic rings. The van der Waals surface area contributed by atoms with Crippen molar-refractivity contribution in [3.8, 4) is 11.1 Å². The van der Waals surface area contributed by atoms with E-state index in [1.165, 1.54) is 48.2 Å². The van der Waals surface area contributed by atoms with Crippen LogP contribution in [0.4, 0.5) is 11.6 Å². The van der Waals surface area contributed by atoms with E-state index in [2.05, 4.69) is 39.8 Å². The third-order valence-corrected chi connectivity index (χ3v) is 5.70. The van der Waals surface area contributed by atoms with E-state index in [4.69, 9.17) is 5.73 Å². The van der Waals surface area contributed by atoms with E-state index in [0.717, 1.165) is 11.4 Å². The first-order valence-corrected chi connectivity index (χ1v) is 8.31. The summed E-state index contributed by atoms with van der Waals surface area (Å²) in [5.41, 5.74) is 11.3. The van der Waals surface area contributed by atoms with Crippen molar-refractivity contribution in [1.82, 2.24) is 14.3 Å². The summed E-state index contributed by atoms with van der Waals surface area (Å²) in [7, 11) is 4.08. The summed E-state index contributed by atoms with van der Waals surface area (Å²) >= 11 is 0. The standard InChI is InChI=1S/C18H21N5/c1-21-16-12(14-10-20-22(2)17(14)19)4-3-5-13(16)15-11-6-8-23(9-7-11)18(15)21/h3-5,10-11H,6-9,19H2,1-2H3. The summed E-state index contributed by atoms with van der Waals surface area (Å²) in [4.78, 5) is 2.55. The zero-order valence-electron chi connectivity index (χ0n) is 13.6. The normalized spacial score (nSPS) is 17.2. The fourth-order valence-electron chi connectivity index (χ4n) is 4.57. The third-order valence-electron chi connectivity index (χ3n) is 5.70. The van der Waals surface area contributed by atoms with Crippen LogP contribution in [-0.4, -0.2) is 27.4 Å². The first-order chi connectivity index (χ1) is 11.2. The Labute approximate surface area is 135 Å². The molecule has 0 amide bonds. The lowest BCUT2D eigenvalue weighted by atomic mass is 9.84. The van der Waals surface area contributed by atoms with Gasteiger partial charge in [-0.1, -0.05) is 18.2 Å². The number of nitrogens with two attached hydrogens (primary N) is 1. The topological polar surface area (TPSA) is 52.0 Å². The molecule has 5 heterocycles. The summed E-state index contributed by atoms with van der Waals surface area (Å²) in [6.45, 7) is 2.37. The number of hydrogen-bond acceptors (Lipinski definition) is 3. The van der Waals surface area contributed by atoms with Crippen LogP contribution in [0.5, 0.6) is 0 Å². The number of aromatic nitrogens is 3. The third kappa shape index (κ3) is 1.54. The van der Waals surface area contributed by atoms with Gasteiger partial charge in [0.25, 0.3) is 0 Å². The minimum Gasteiger partial charge on any atom is -0.383 e. The maximum Gasteiger partial charge on any atom is 0.129 e. The molecule has 2 bridgehead atoms. The first kappa shape index (κ1) is 13.0. The van der Waals surface area contributed by atoms with Gasteiger partial charge in [-0.25, -0.2) is 0 Å². The molecule has 2 aromatic heterocycles. The molecule has 3 aliphatic heterocycles. The van der Waals surface area contributed by atoms with Gasteiger partial charge < -0.3 is 15.2 Å². The average molecular weight is 307 g/mol. The average Bonchev–Trinajstić information content (AvgIpc) is 3.09. The number of piperidine rings is 1. The van der Waals surface area contributed by atoms with Gasteiger partial charge in [-0.2, -0.15) is 5.10 Å². The molecule has 118 valence electrons. The molecule has 1 saturated heterocycles. The molecular formula is C18H21N5. The molecule has 5 heteroatoms. The highest BCUT2D eigenvalue weighted by Crippen LogP contribution is 2.49. The van der Waals surface area contributed by atoms with Crippen LogP contribution >= 0.6 is 0 Å². The fraction of sp³-hybridized carbons (Fsp3) is 0.389. The smallest absolute Gasteiger partial charge is 0.129 e. The molecule has 0 saturated carbocycles. The van der Waals surface area contributed by atoms with Crippen LogP contribution in [0.1, 0.15) is 24.3 Å². The second-order valence-corrected chi connectivity index (χ2v) is 6.83. The number of fused-ring (bicyclic) bond motifs is 3. The van der Waals surface area contributed by atoms with Crippen LogP contribution in [0.2, 0.25) is 0 Å². The van der Waals surface area contributed by atoms with E-state index in [0.29, 0.717) is 5.92 Å². The van der Waals surface area contributed by atoms with E-state index in [9.17, 15) is 0 Å². The first-order valence-electron chi connectivity index (χ1n) is 8.31. The minimum absolute atomic E-state index is 0.709. The highest BCUT2D eigenvalue weighted by Gasteiger charge is 2.35. The molecule has 0 spiro atoms. The molecule has 1 fully saturated rings. The van der Waals surface area contributed by atoms with Crippen LogP contribution in [-0.2, 0) is 14.1 Å². The zero-order chi connectivity index (χ0) is 15.7. The lowest BCUT2D eigenvalue weighted by molar-refractivity contribution is 0.469. The summed E-state index contributed by atoms with van der Waals surface area (Å²) in [5, 5.41) is 5.71. The maximum atomic E-state index is 6.25. The predicted octanol–water partition coefficient (Wildman–Crippen LogP) is 2.86. The quantitative estimate of drug-likeness (QED) is 0.752. The Morgan fingerprint density at radius 3 is 2.61 bits per heavy atom. The van der Waals surface area contributed by atoms with E-state index >= 15 is 0 Å². The summed E-state index contributed by atoms with van der Waals surface area (Å²) in [6.07, 6.45) is 4.45. The lowest BCUT2D eigenvalue weighted by Crippen LogP contribution is -2.39. The van der Waals surface area contributed by atoms with Gasteiger partial charge in [0.05, 0.1) is 11.7 Å². The SMILES string of the molecule is Cn1ncc(-c2cccc3c4c(n(C)c23)N2CCC4CC2)c1N. The molecule has 0 unspecified atom stereocenters. The van der Waals surface area contributed by atoms with Crippen molar-refractivity contribution >= 4 is 22.5 Å². The second kappa shape index (κ2) is 4.31. The van der Waals surface area contributed by atoms with E-state index in [1.54, 1.807) is 10.2 Å². The van der Waals surface area contributed by atoms with E-state index < -0.39 is 0 Å². The molecule has 0 aliphatic carbocycles.